The second-order valence-electron chi connectivity index (χ2n) is 10.6. The van der Waals surface area contributed by atoms with E-state index in [0.717, 1.165) is 11.3 Å². The summed E-state index contributed by atoms with van der Waals surface area (Å²) in [5.74, 6) is -0.154. The van der Waals surface area contributed by atoms with Gasteiger partial charge in [0.2, 0.25) is 5.95 Å². The molecule has 0 saturated carbocycles. The van der Waals surface area contributed by atoms with Crippen molar-refractivity contribution in [1.82, 2.24) is 34.5 Å². The number of amides is 2. The van der Waals surface area contributed by atoms with Crippen molar-refractivity contribution in [2.75, 3.05) is 12.4 Å². The number of anilines is 1. The monoisotopic (exact) mass is 642 g/mol. The first-order valence-corrected chi connectivity index (χ1v) is 14.9. The van der Waals surface area contributed by atoms with E-state index in [4.69, 9.17) is 28.2 Å². The fraction of sp³-hybridized carbons (Fsp3) is 0.188. The fourth-order valence-corrected chi connectivity index (χ4v) is 5.58. The molecule has 3 heterocycles. The first-order chi connectivity index (χ1) is 21.7. The Bertz CT molecular complexity index is 1940. The van der Waals surface area contributed by atoms with Gasteiger partial charge in [-0.3, -0.25) is 14.4 Å². The summed E-state index contributed by atoms with van der Waals surface area (Å²) >= 11 is 12.3. The molecule has 2 amide bonds. The second-order valence-corrected chi connectivity index (χ2v) is 11.4. The SMILES string of the molecule is CNC(=O)c1ccc(-n2c(NCc3ccc(-n4cncn4)cc3)nc3c(c2=O)C[C@@H](C)N(C(=O)c2ccc(Cl)c(Cl)c2)C3)cc1. The lowest BCUT2D eigenvalue weighted by atomic mass is 9.98. The van der Waals surface area contributed by atoms with E-state index in [1.165, 1.54) is 10.9 Å². The number of carbonyl (C=O) groups is 2. The summed E-state index contributed by atoms with van der Waals surface area (Å²) in [5.41, 5.74) is 4.01. The summed E-state index contributed by atoms with van der Waals surface area (Å²) < 4.78 is 3.17. The van der Waals surface area contributed by atoms with Crippen molar-refractivity contribution in [2.24, 2.45) is 0 Å². The Morgan fingerprint density at radius 1 is 0.956 bits per heavy atom. The van der Waals surface area contributed by atoms with Gasteiger partial charge in [0.15, 0.2) is 0 Å². The van der Waals surface area contributed by atoms with Crippen molar-refractivity contribution < 1.29 is 9.59 Å². The van der Waals surface area contributed by atoms with Crippen LogP contribution in [0.5, 0.6) is 0 Å². The van der Waals surface area contributed by atoms with E-state index in [-0.39, 0.29) is 35.0 Å². The van der Waals surface area contributed by atoms with Crippen molar-refractivity contribution in [2.45, 2.75) is 32.5 Å². The van der Waals surface area contributed by atoms with Crippen LogP contribution in [0, 0.1) is 0 Å². The van der Waals surface area contributed by atoms with E-state index in [1.54, 1.807) is 65.4 Å². The Labute approximate surface area is 268 Å². The highest BCUT2D eigenvalue weighted by molar-refractivity contribution is 6.42. The van der Waals surface area contributed by atoms with E-state index in [1.807, 2.05) is 31.2 Å². The van der Waals surface area contributed by atoms with E-state index in [0.29, 0.717) is 52.0 Å². The minimum atomic E-state index is -0.277. The summed E-state index contributed by atoms with van der Waals surface area (Å²) in [6, 6.07) is 19.0. The van der Waals surface area contributed by atoms with Gasteiger partial charge in [0, 0.05) is 36.3 Å². The van der Waals surface area contributed by atoms with Gasteiger partial charge in [-0.2, -0.15) is 5.10 Å². The number of hydrogen-bond acceptors (Lipinski definition) is 7. The standard InChI is InChI=1S/C32H28Cl2N8O3/c1-19-13-25-28(16-40(19)30(44)22-7-12-26(33)27(34)14-22)39-32(37-15-20-3-8-23(9-4-20)41-18-36-17-38-41)42(31(25)45)24-10-5-21(6-11-24)29(43)35-2/h3-12,14,17-19H,13,15-16H2,1-2H3,(H,35,43)(H,37,39)/t19-/m1/s1. The van der Waals surface area contributed by atoms with E-state index < -0.39 is 0 Å². The number of rotatable bonds is 7. The van der Waals surface area contributed by atoms with E-state index in [9.17, 15) is 14.4 Å². The molecule has 1 aliphatic rings. The molecule has 0 saturated heterocycles. The molecular formula is C32H28Cl2N8O3. The maximum atomic E-state index is 14.1. The zero-order valence-electron chi connectivity index (χ0n) is 24.4. The van der Waals surface area contributed by atoms with Gasteiger partial charge < -0.3 is 15.5 Å². The van der Waals surface area contributed by atoms with Gasteiger partial charge in [0.1, 0.15) is 12.7 Å². The van der Waals surface area contributed by atoms with Gasteiger partial charge in [0.05, 0.1) is 33.7 Å². The predicted molar refractivity (Wildman–Crippen MR) is 171 cm³/mol. The molecule has 6 rings (SSSR count). The lowest BCUT2D eigenvalue weighted by Gasteiger charge is -2.34. The summed E-state index contributed by atoms with van der Waals surface area (Å²) in [4.78, 5) is 50.4. The Morgan fingerprint density at radius 2 is 1.67 bits per heavy atom. The molecule has 5 aromatic rings. The maximum absolute atomic E-state index is 14.1. The number of nitrogens with zero attached hydrogens (tertiary/aromatic N) is 6. The first kappa shape index (κ1) is 30.0. The van der Waals surface area contributed by atoms with Gasteiger partial charge in [-0.1, -0.05) is 35.3 Å². The quantitative estimate of drug-likeness (QED) is 0.264. The van der Waals surface area contributed by atoms with Gasteiger partial charge >= 0.3 is 0 Å². The van der Waals surface area contributed by atoms with Crippen LogP contribution in [0.3, 0.4) is 0 Å². The van der Waals surface area contributed by atoms with Crippen LogP contribution in [0.2, 0.25) is 10.0 Å². The second kappa shape index (κ2) is 12.5. The van der Waals surface area contributed by atoms with Crippen LogP contribution in [0.15, 0.2) is 84.2 Å². The topological polar surface area (TPSA) is 127 Å². The van der Waals surface area contributed by atoms with Crippen molar-refractivity contribution in [1.29, 1.82) is 0 Å². The fourth-order valence-electron chi connectivity index (χ4n) is 5.28. The normalized spacial score (nSPS) is 14.1. The third-order valence-electron chi connectivity index (χ3n) is 7.73. The minimum absolute atomic E-state index is 0.141. The molecule has 1 atom stereocenters. The molecule has 0 aliphatic carbocycles. The van der Waals surface area contributed by atoms with Crippen LogP contribution in [-0.4, -0.2) is 54.1 Å². The van der Waals surface area contributed by atoms with Crippen molar-refractivity contribution in [3.05, 3.63) is 128 Å². The third kappa shape index (κ3) is 6.04. The molecule has 0 bridgehead atoms. The highest BCUT2D eigenvalue weighted by Gasteiger charge is 2.32. The first-order valence-electron chi connectivity index (χ1n) is 14.1. The lowest BCUT2D eigenvalue weighted by Crippen LogP contribution is -2.46. The summed E-state index contributed by atoms with van der Waals surface area (Å²) in [6.45, 7) is 2.40. The number of aromatic nitrogens is 5. The van der Waals surface area contributed by atoms with Gasteiger partial charge in [0.25, 0.3) is 17.4 Å². The lowest BCUT2D eigenvalue weighted by molar-refractivity contribution is 0.0653. The maximum Gasteiger partial charge on any atom is 0.263 e. The van der Waals surface area contributed by atoms with E-state index >= 15 is 0 Å². The molecule has 13 heteroatoms. The van der Waals surface area contributed by atoms with E-state index in [2.05, 4.69) is 20.7 Å². The highest BCUT2D eigenvalue weighted by atomic mass is 35.5. The van der Waals surface area contributed by atoms with Crippen LogP contribution in [0.4, 0.5) is 5.95 Å². The van der Waals surface area contributed by atoms with Crippen LogP contribution in [-0.2, 0) is 19.5 Å². The molecule has 2 N–H and O–H groups in total. The summed E-state index contributed by atoms with van der Waals surface area (Å²) in [6.07, 6.45) is 3.40. The van der Waals surface area contributed by atoms with Crippen molar-refractivity contribution in [3.8, 4) is 11.4 Å². The average molecular weight is 644 g/mol. The minimum Gasteiger partial charge on any atom is -0.355 e. The number of hydrogen-bond donors (Lipinski definition) is 2. The molecule has 228 valence electrons. The predicted octanol–water partition coefficient (Wildman–Crippen LogP) is 4.68. The molecule has 45 heavy (non-hydrogen) atoms. The van der Waals surface area contributed by atoms with Crippen LogP contribution >= 0.6 is 23.2 Å². The summed E-state index contributed by atoms with van der Waals surface area (Å²) in [5, 5.41) is 10.7. The molecule has 3 aromatic carbocycles. The highest BCUT2D eigenvalue weighted by Crippen LogP contribution is 2.27. The number of nitrogens with one attached hydrogen (secondary N) is 2. The van der Waals surface area contributed by atoms with Gasteiger partial charge in [-0.05, 0) is 73.5 Å². The average Bonchev–Trinajstić information content (AvgIpc) is 3.60. The zero-order chi connectivity index (χ0) is 31.7. The Balaban J connectivity index is 1.35. The molecule has 0 fully saturated rings. The van der Waals surface area contributed by atoms with Gasteiger partial charge in [-0.15, -0.1) is 0 Å². The Hall–Kier alpha value is -5.00. The number of benzene rings is 3. The molecule has 2 aromatic heterocycles. The zero-order valence-corrected chi connectivity index (χ0v) is 25.9. The van der Waals surface area contributed by atoms with Crippen LogP contribution in [0.1, 0.15) is 44.5 Å². The largest absolute Gasteiger partial charge is 0.355 e. The number of halogens is 2. The molecular weight excluding hydrogens is 615 g/mol. The van der Waals surface area contributed by atoms with Crippen molar-refractivity contribution >= 4 is 41.0 Å². The third-order valence-corrected chi connectivity index (χ3v) is 8.47. The Kier molecular flexibility index (Phi) is 8.38. The van der Waals surface area contributed by atoms with Crippen LogP contribution < -0.4 is 16.2 Å². The smallest absolute Gasteiger partial charge is 0.263 e. The Morgan fingerprint density at radius 3 is 2.33 bits per heavy atom. The molecule has 0 unspecified atom stereocenters. The molecule has 1 aliphatic heterocycles. The van der Waals surface area contributed by atoms with Crippen LogP contribution in [0.25, 0.3) is 11.4 Å². The number of carbonyl (C=O) groups excluding carboxylic acids is 2. The molecule has 0 radical (unpaired) electrons. The molecule has 0 spiro atoms. The van der Waals surface area contributed by atoms with Crippen molar-refractivity contribution in [3.63, 3.8) is 0 Å². The van der Waals surface area contributed by atoms with Gasteiger partial charge in [-0.25, -0.2) is 19.2 Å². The number of fused-ring (bicyclic) bond motifs is 1. The molecule has 11 nitrogen and oxygen atoms in total. The summed E-state index contributed by atoms with van der Waals surface area (Å²) in [7, 11) is 1.56.